The van der Waals surface area contributed by atoms with Crippen LogP contribution >= 0.6 is 0 Å². The Bertz CT molecular complexity index is 611. The Morgan fingerprint density at radius 1 is 0.725 bits per heavy atom. The fraction of sp³-hybridized carbons (Fsp3) is 0.882. The van der Waals surface area contributed by atoms with Gasteiger partial charge in [-0.25, -0.2) is 4.79 Å². The summed E-state index contributed by atoms with van der Waals surface area (Å²) in [6, 6.07) is 0. The number of alkyl carbamates (subject to hydrolysis) is 1. The van der Waals surface area contributed by atoms with Crippen molar-refractivity contribution < 1.29 is 14.3 Å². The number of unbranched alkanes of at least 4 members (excludes halogenated alkanes) is 21. The second kappa shape index (κ2) is 27.6. The molecule has 0 aliphatic heterocycles. The van der Waals surface area contributed by atoms with Crippen LogP contribution in [0, 0.1) is 5.92 Å². The first kappa shape index (κ1) is 38.4. The van der Waals surface area contributed by atoms with E-state index < -0.39 is 11.8 Å². The molecule has 2 amide bonds. The van der Waals surface area contributed by atoms with Gasteiger partial charge < -0.3 is 15.8 Å². The number of allylic oxidation sites excluding steroid dienone is 1. The minimum atomic E-state index is -1.47. The first-order chi connectivity index (χ1) is 19.4. The summed E-state index contributed by atoms with van der Waals surface area (Å²) in [6.07, 6.45) is 30.1. The van der Waals surface area contributed by atoms with Crippen LogP contribution in [0.15, 0.2) is 12.7 Å². The van der Waals surface area contributed by atoms with E-state index in [4.69, 9.17) is 10.5 Å². The van der Waals surface area contributed by atoms with E-state index in [9.17, 15) is 9.59 Å². The van der Waals surface area contributed by atoms with Gasteiger partial charge in [0, 0.05) is 6.54 Å². The summed E-state index contributed by atoms with van der Waals surface area (Å²) in [6.45, 7) is 10.6. The topological polar surface area (TPSA) is 93.4 Å². The highest BCUT2D eigenvalue weighted by molar-refractivity contribution is 5.89. The number of carbonyl (C=O) groups excluding carboxylic acids is 2. The molecular weight excluding hydrogens is 498 g/mol. The molecule has 0 bridgehead atoms. The summed E-state index contributed by atoms with van der Waals surface area (Å²) < 4.78 is 5.30. The molecule has 236 valence electrons. The van der Waals surface area contributed by atoms with Gasteiger partial charge in [-0.3, -0.25) is 10.1 Å². The first-order valence-electron chi connectivity index (χ1n) is 17.0. The molecule has 0 rings (SSSR count). The lowest BCUT2D eigenvalue weighted by Gasteiger charge is -2.32. The van der Waals surface area contributed by atoms with Crippen molar-refractivity contribution in [2.45, 2.75) is 174 Å². The summed E-state index contributed by atoms with van der Waals surface area (Å²) >= 11 is 0. The zero-order chi connectivity index (χ0) is 29.7. The highest BCUT2D eigenvalue weighted by atomic mass is 16.5. The van der Waals surface area contributed by atoms with Crippen molar-refractivity contribution in [1.29, 1.82) is 0 Å². The standard InChI is InChI=1S/C34H67N3O3/c1-5-7-9-11-13-15-16-17-18-19-20-21-22-23-25-27-29-36-32(38)34(35,31(3)4)37-33(39)40-30-28-26-24-14-12-10-8-6-2/h6,31H,2,5,7-30,35H2,1,3-4H3,(H,36,38)(H,37,39)/t34-/m0/s1. The molecule has 0 saturated carbocycles. The predicted octanol–water partition coefficient (Wildman–Crippen LogP) is 9.32. The van der Waals surface area contributed by atoms with E-state index in [1.807, 2.05) is 19.9 Å². The summed E-state index contributed by atoms with van der Waals surface area (Å²) in [5.74, 6) is -0.610. The highest BCUT2D eigenvalue weighted by Gasteiger charge is 2.39. The van der Waals surface area contributed by atoms with Gasteiger partial charge >= 0.3 is 6.09 Å². The van der Waals surface area contributed by atoms with Crippen molar-refractivity contribution in [3.63, 3.8) is 0 Å². The number of nitrogens with two attached hydrogens (primary N) is 1. The SMILES string of the molecule is C=CCCCCCCCCOC(=O)N[C@](N)(C(=O)NCCCCCCCCCCCCCCCCCC)C(C)C. The van der Waals surface area contributed by atoms with Gasteiger partial charge in [0.15, 0.2) is 5.66 Å². The molecule has 0 aromatic carbocycles. The lowest BCUT2D eigenvalue weighted by Crippen LogP contribution is -2.68. The normalized spacial score (nSPS) is 12.7. The van der Waals surface area contributed by atoms with Gasteiger partial charge in [0.25, 0.3) is 5.91 Å². The third-order valence-corrected chi connectivity index (χ3v) is 7.95. The first-order valence-corrected chi connectivity index (χ1v) is 17.0. The van der Waals surface area contributed by atoms with Crippen molar-refractivity contribution >= 4 is 12.0 Å². The maximum absolute atomic E-state index is 12.8. The molecule has 0 radical (unpaired) electrons. The van der Waals surface area contributed by atoms with Crippen LogP contribution in [0.4, 0.5) is 4.79 Å². The van der Waals surface area contributed by atoms with Gasteiger partial charge in [-0.1, -0.05) is 149 Å². The molecular formula is C34H67N3O3. The van der Waals surface area contributed by atoms with Crippen LogP contribution in [0.3, 0.4) is 0 Å². The molecule has 0 heterocycles. The van der Waals surface area contributed by atoms with E-state index in [2.05, 4.69) is 24.1 Å². The Labute approximate surface area is 248 Å². The number of rotatable bonds is 29. The van der Waals surface area contributed by atoms with Crippen molar-refractivity contribution in [2.24, 2.45) is 11.7 Å². The van der Waals surface area contributed by atoms with E-state index in [1.165, 1.54) is 109 Å². The summed E-state index contributed by atoms with van der Waals surface area (Å²) in [4.78, 5) is 25.1. The number of nitrogens with one attached hydrogen (secondary N) is 2. The van der Waals surface area contributed by atoms with Crippen molar-refractivity contribution in [3.05, 3.63) is 12.7 Å². The van der Waals surface area contributed by atoms with E-state index in [0.717, 1.165) is 38.5 Å². The molecule has 0 aliphatic carbocycles. The summed E-state index contributed by atoms with van der Waals surface area (Å²) in [5.41, 5.74) is 4.86. The number of amides is 2. The van der Waals surface area contributed by atoms with Gasteiger partial charge in [0.2, 0.25) is 0 Å². The summed E-state index contributed by atoms with van der Waals surface area (Å²) in [5, 5.41) is 5.54. The lowest BCUT2D eigenvalue weighted by atomic mass is 9.96. The molecule has 0 aliphatic rings. The zero-order valence-electron chi connectivity index (χ0n) is 26.8. The van der Waals surface area contributed by atoms with Gasteiger partial charge in [-0.05, 0) is 31.6 Å². The highest BCUT2D eigenvalue weighted by Crippen LogP contribution is 2.15. The van der Waals surface area contributed by atoms with Crippen LogP contribution in [0.2, 0.25) is 0 Å². The van der Waals surface area contributed by atoms with Gasteiger partial charge in [-0.15, -0.1) is 6.58 Å². The maximum Gasteiger partial charge on any atom is 0.409 e. The molecule has 6 heteroatoms. The van der Waals surface area contributed by atoms with Crippen molar-refractivity contribution in [3.8, 4) is 0 Å². The molecule has 4 N–H and O–H groups in total. The number of ether oxygens (including phenoxy) is 1. The maximum atomic E-state index is 12.8. The van der Waals surface area contributed by atoms with Crippen LogP contribution in [0.25, 0.3) is 0 Å². The fourth-order valence-electron chi connectivity index (χ4n) is 4.95. The zero-order valence-corrected chi connectivity index (χ0v) is 26.8. The molecule has 0 aromatic heterocycles. The third kappa shape index (κ3) is 22.2. The minimum Gasteiger partial charge on any atom is -0.450 e. The fourth-order valence-corrected chi connectivity index (χ4v) is 4.95. The molecule has 0 fully saturated rings. The molecule has 1 atom stereocenters. The second-order valence-corrected chi connectivity index (χ2v) is 12.0. The van der Waals surface area contributed by atoms with Crippen molar-refractivity contribution in [1.82, 2.24) is 10.6 Å². The van der Waals surface area contributed by atoms with Crippen molar-refractivity contribution in [2.75, 3.05) is 13.2 Å². The van der Waals surface area contributed by atoms with E-state index in [0.29, 0.717) is 13.2 Å². The number of hydrogen-bond donors (Lipinski definition) is 3. The van der Waals surface area contributed by atoms with Gasteiger partial charge in [-0.2, -0.15) is 0 Å². The Morgan fingerprint density at radius 3 is 1.60 bits per heavy atom. The van der Waals surface area contributed by atoms with Gasteiger partial charge in [0.1, 0.15) is 0 Å². The Kier molecular flexibility index (Phi) is 26.5. The molecule has 6 nitrogen and oxygen atoms in total. The minimum absolute atomic E-state index is 0.263. The molecule has 0 spiro atoms. The molecule has 40 heavy (non-hydrogen) atoms. The summed E-state index contributed by atoms with van der Waals surface area (Å²) in [7, 11) is 0. The van der Waals surface area contributed by atoms with Gasteiger partial charge in [0.05, 0.1) is 6.61 Å². The average molecular weight is 566 g/mol. The molecule has 0 saturated heterocycles. The average Bonchev–Trinajstić information content (AvgIpc) is 2.93. The Hall–Kier alpha value is -1.56. The second-order valence-electron chi connectivity index (χ2n) is 12.0. The van der Waals surface area contributed by atoms with Crippen LogP contribution < -0.4 is 16.4 Å². The largest absolute Gasteiger partial charge is 0.450 e. The van der Waals surface area contributed by atoms with Crippen LogP contribution in [0.5, 0.6) is 0 Å². The van der Waals surface area contributed by atoms with E-state index in [-0.39, 0.29) is 11.8 Å². The van der Waals surface area contributed by atoms with E-state index in [1.54, 1.807) is 0 Å². The molecule has 0 aromatic rings. The van der Waals surface area contributed by atoms with E-state index >= 15 is 0 Å². The smallest absolute Gasteiger partial charge is 0.409 e. The van der Waals surface area contributed by atoms with Crippen LogP contribution in [0.1, 0.15) is 168 Å². The third-order valence-electron chi connectivity index (χ3n) is 7.95. The number of carbonyl (C=O) groups is 2. The Morgan fingerprint density at radius 2 is 1.15 bits per heavy atom. The predicted molar refractivity (Wildman–Crippen MR) is 171 cm³/mol. The van der Waals surface area contributed by atoms with Crippen LogP contribution in [-0.2, 0) is 9.53 Å². The lowest BCUT2D eigenvalue weighted by molar-refractivity contribution is -0.129. The quantitative estimate of drug-likeness (QED) is 0.0478. The number of hydrogen-bond acceptors (Lipinski definition) is 4. The molecule has 0 unspecified atom stereocenters. The Balaban J connectivity index is 3.80. The monoisotopic (exact) mass is 566 g/mol. The van der Waals surface area contributed by atoms with Crippen LogP contribution in [-0.4, -0.2) is 30.8 Å².